The fourth-order valence-corrected chi connectivity index (χ4v) is 18.0. The first-order valence-electron chi connectivity index (χ1n) is 33.6. The summed E-state index contributed by atoms with van der Waals surface area (Å²) in [6, 6.07) is 0. The number of ketones is 1. The Labute approximate surface area is 548 Å². The van der Waals surface area contributed by atoms with Crippen molar-refractivity contribution in [2.75, 3.05) is 39.6 Å². The van der Waals surface area contributed by atoms with E-state index in [0.717, 1.165) is 12.8 Å². The molecule has 0 aromatic rings. The SMILES string of the molecule is CC(CC[C@@]1(O)OC2CC3C4CCC5C[C@@H](O[C@H]6O[C@H](CO)[C@H](O[C@H]7O[C@H](CO)[C@@H](O[C@@H]8O[C@H](CO)[C@@H](O)[C@H](O)[C@H]8O[C@H]8OC[C@H](O)[C@@H](O[C@H]9O[C@@H](C)[C@H](O)[C@@H](O)[C@H]9O)[C@@H]8O)[C@H](O)[C@H]7O)[C@H](O)[C@H]6O)CC[C@]5(C)C4CC(=O)[C@]3(C)C2C1C)CO[C@@H]1O[C@@H](CO)[C@H](O)[C@@H](O)[C@@H]1O. The smallest absolute Gasteiger partial charge is 0.187 e. The van der Waals surface area contributed by atoms with Gasteiger partial charge in [-0.1, -0.05) is 27.7 Å². The van der Waals surface area contributed by atoms with E-state index in [1.807, 2.05) is 13.8 Å². The summed E-state index contributed by atoms with van der Waals surface area (Å²) < 4.78 is 76.5. The Morgan fingerprint density at radius 3 is 1.67 bits per heavy atom. The van der Waals surface area contributed by atoms with Crippen LogP contribution in [0.5, 0.6) is 0 Å². The van der Waals surface area contributed by atoms with Crippen LogP contribution >= 0.6 is 0 Å². The number of Topliss-reactive ketones (excluding diaryl/α,β-unsaturated/α-hetero) is 1. The van der Waals surface area contributed by atoms with Crippen LogP contribution in [0.2, 0.25) is 0 Å². The van der Waals surface area contributed by atoms with Gasteiger partial charge in [-0.15, -0.1) is 0 Å². The highest BCUT2D eigenvalue weighted by Gasteiger charge is 2.71. The van der Waals surface area contributed by atoms with E-state index in [2.05, 4.69) is 13.8 Å². The first-order valence-corrected chi connectivity index (χ1v) is 33.6. The molecule has 33 nitrogen and oxygen atoms in total. The molecule has 11 rings (SSSR count). The fourth-order valence-electron chi connectivity index (χ4n) is 18.0. The molecule has 0 aromatic carbocycles. The number of hydrogen-bond acceptors (Lipinski definition) is 33. The number of carbonyl (C=O) groups is 1. The van der Waals surface area contributed by atoms with E-state index in [1.165, 1.54) is 6.92 Å². The van der Waals surface area contributed by atoms with Crippen molar-refractivity contribution in [3.05, 3.63) is 0 Å². The maximum absolute atomic E-state index is 14.9. The third kappa shape index (κ3) is 13.7. The number of fused-ring (bicyclic) bond motifs is 7. The summed E-state index contributed by atoms with van der Waals surface area (Å²) in [4.78, 5) is 14.9. The van der Waals surface area contributed by atoms with Crippen molar-refractivity contribution in [3.63, 3.8) is 0 Å². The number of hydrogen-bond donors (Lipinski definition) is 19. The number of rotatable bonds is 20. The Balaban J connectivity index is 0.675. The van der Waals surface area contributed by atoms with Gasteiger partial charge in [-0.2, -0.15) is 0 Å². The molecule has 19 N–H and O–H groups in total. The van der Waals surface area contributed by atoms with E-state index in [4.69, 9.17) is 61.6 Å². The summed E-state index contributed by atoms with van der Waals surface area (Å²) in [7, 11) is 0. The Morgan fingerprint density at radius 1 is 0.526 bits per heavy atom. The third-order valence-electron chi connectivity index (χ3n) is 23.8. The van der Waals surface area contributed by atoms with Crippen LogP contribution in [0.1, 0.15) is 92.4 Å². The van der Waals surface area contributed by atoms with Crippen LogP contribution in [0.15, 0.2) is 0 Å². The van der Waals surface area contributed by atoms with Gasteiger partial charge in [0.15, 0.2) is 43.5 Å². The summed E-state index contributed by atoms with van der Waals surface area (Å²) >= 11 is 0. The lowest BCUT2D eigenvalue weighted by atomic mass is 9.44. The number of carbonyl (C=O) groups excluding carboxylic acids is 1. The average Bonchev–Trinajstić information content (AvgIpc) is 1.57. The van der Waals surface area contributed by atoms with Crippen LogP contribution < -0.4 is 0 Å². The Hall–Kier alpha value is -1.61. The largest absolute Gasteiger partial charge is 0.394 e. The van der Waals surface area contributed by atoms with Gasteiger partial charge >= 0.3 is 0 Å². The minimum Gasteiger partial charge on any atom is -0.394 e. The predicted octanol–water partition coefficient (Wildman–Crippen LogP) is -7.46. The predicted molar refractivity (Wildman–Crippen MR) is 310 cm³/mol. The molecule has 0 spiro atoms. The average molecular weight is 1380 g/mol. The van der Waals surface area contributed by atoms with Crippen LogP contribution in [-0.2, 0) is 66.4 Å². The molecular formula is C62H102O33. The second-order valence-corrected chi connectivity index (χ2v) is 29.3. The summed E-state index contributed by atoms with van der Waals surface area (Å²) in [5.74, 6) is -1.76. The van der Waals surface area contributed by atoms with Gasteiger partial charge in [0.25, 0.3) is 0 Å². The quantitative estimate of drug-likeness (QED) is 0.0504. The molecule has 11 aliphatic rings. The first kappa shape index (κ1) is 74.6. The molecule has 0 bridgehead atoms. The fraction of sp³-hybridized carbons (Fsp3) is 0.984. The van der Waals surface area contributed by atoms with E-state index in [-0.39, 0.29) is 71.8 Å². The normalized spacial score (nSPS) is 55.3. The van der Waals surface area contributed by atoms with Gasteiger partial charge in [-0.05, 0) is 86.9 Å². The van der Waals surface area contributed by atoms with E-state index in [9.17, 15) is 102 Å². The number of aliphatic hydroxyl groups excluding tert-OH is 18. The van der Waals surface area contributed by atoms with Crippen molar-refractivity contribution >= 4 is 5.78 Å². The highest BCUT2D eigenvalue weighted by molar-refractivity contribution is 5.87. The topological polar surface area (TPSA) is 521 Å². The number of aliphatic hydroxyl groups is 19. The van der Waals surface area contributed by atoms with Crippen molar-refractivity contribution in [2.24, 2.45) is 52.3 Å². The maximum Gasteiger partial charge on any atom is 0.187 e. The van der Waals surface area contributed by atoms with Gasteiger partial charge in [-0.3, -0.25) is 4.79 Å². The zero-order valence-electron chi connectivity index (χ0n) is 53.8. The minimum atomic E-state index is -2.11. The lowest BCUT2D eigenvalue weighted by molar-refractivity contribution is -0.396. The lowest BCUT2D eigenvalue weighted by Gasteiger charge is -2.60. The standard InChI is InChI=1S/C62H102O33/c1-21(19-83-54-45(77)41(73)38(70)31(15-63)87-54)8-11-62(82)22(2)36-30(95-62)13-28-26-7-6-24-12-25(9-10-60(24,4)27(26)14-35(68)61(28,36)5)86-57-47(79)43(75)51(33(17-65)89-57)92-58-48(80)44(76)52(34(18-66)90-58)93-59-53(42(74)39(71)32(16-64)88-59)94-55-49(81)50(29(67)20-84-55)91-56-46(78)40(72)37(69)23(3)85-56/h21-34,36-59,63-67,69-82H,6-20H2,1-5H3/t21?,22?,23-,24?,25-,26?,27?,28?,29-,30?,31-,32+,33+,34+,36?,37-,38-,39+,40+,41+,42-,43+,44+,45-,46+,47+,48+,49-,50+,51-,52+,53+,54+,55+,56+,57-,58+,59-,60-,61+,62+/m0/s1. The van der Waals surface area contributed by atoms with Crippen molar-refractivity contribution in [2.45, 2.75) is 289 Å². The molecule has 0 radical (unpaired) electrons. The molecule has 7 heterocycles. The lowest BCUT2D eigenvalue weighted by Crippen LogP contribution is -2.67. The van der Waals surface area contributed by atoms with Crippen LogP contribution in [0, 0.1) is 52.3 Å². The summed E-state index contributed by atoms with van der Waals surface area (Å²) in [6.07, 6.45) is -45.1. The van der Waals surface area contributed by atoms with Crippen LogP contribution in [0.3, 0.4) is 0 Å². The van der Waals surface area contributed by atoms with E-state index < -0.39 is 228 Å². The zero-order chi connectivity index (χ0) is 68.8. The van der Waals surface area contributed by atoms with Crippen molar-refractivity contribution < 1.29 is 163 Å². The first-order chi connectivity index (χ1) is 44.9. The molecule has 11 fully saturated rings. The molecule has 7 saturated heterocycles. The Morgan fingerprint density at radius 2 is 1.04 bits per heavy atom. The van der Waals surface area contributed by atoms with E-state index in [0.29, 0.717) is 38.5 Å². The third-order valence-corrected chi connectivity index (χ3v) is 23.8. The second kappa shape index (κ2) is 29.6. The van der Waals surface area contributed by atoms with Crippen LogP contribution in [0.4, 0.5) is 0 Å². The Kier molecular flexibility index (Phi) is 23.3. The molecule has 548 valence electrons. The van der Waals surface area contributed by atoms with Gasteiger partial charge in [-0.25, -0.2) is 0 Å². The van der Waals surface area contributed by atoms with Crippen molar-refractivity contribution in [3.8, 4) is 0 Å². The molecule has 41 atom stereocenters. The van der Waals surface area contributed by atoms with Crippen LogP contribution in [0.25, 0.3) is 0 Å². The van der Waals surface area contributed by atoms with Gasteiger partial charge in [0, 0.05) is 30.1 Å². The highest BCUT2D eigenvalue weighted by Crippen LogP contribution is 2.70. The zero-order valence-corrected chi connectivity index (χ0v) is 53.8. The molecule has 33 heteroatoms. The number of ether oxygens (including phenoxy) is 13. The molecule has 0 amide bonds. The molecule has 0 aromatic heterocycles. The van der Waals surface area contributed by atoms with Crippen LogP contribution in [-0.4, -0.2) is 339 Å². The van der Waals surface area contributed by atoms with Gasteiger partial charge in [0.1, 0.15) is 140 Å². The monoisotopic (exact) mass is 1370 g/mol. The molecule has 95 heavy (non-hydrogen) atoms. The summed E-state index contributed by atoms with van der Waals surface area (Å²) in [5, 5.41) is 206. The second-order valence-electron chi connectivity index (χ2n) is 29.3. The van der Waals surface area contributed by atoms with Crippen molar-refractivity contribution in [1.82, 2.24) is 0 Å². The summed E-state index contributed by atoms with van der Waals surface area (Å²) in [6.45, 7) is 5.70. The molecule has 4 saturated carbocycles. The highest BCUT2D eigenvalue weighted by atomic mass is 16.8. The van der Waals surface area contributed by atoms with Crippen molar-refractivity contribution in [1.29, 1.82) is 0 Å². The summed E-state index contributed by atoms with van der Waals surface area (Å²) in [5.41, 5.74) is -1.00. The van der Waals surface area contributed by atoms with E-state index in [1.54, 1.807) is 0 Å². The van der Waals surface area contributed by atoms with Gasteiger partial charge < -0.3 is 159 Å². The molecule has 4 aliphatic carbocycles. The van der Waals surface area contributed by atoms with E-state index >= 15 is 0 Å². The Bertz CT molecular complexity index is 2530. The van der Waals surface area contributed by atoms with Gasteiger partial charge in [0.05, 0.1) is 58.0 Å². The minimum absolute atomic E-state index is 0.0183. The van der Waals surface area contributed by atoms with Gasteiger partial charge in [0.2, 0.25) is 0 Å². The molecular weight excluding hydrogens is 1270 g/mol. The molecule has 7 aliphatic heterocycles. The maximum atomic E-state index is 14.9. The molecule has 8 unspecified atom stereocenters.